The Morgan fingerprint density at radius 3 is 1.50 bits per heavy atom. The quantitative estimate of drug-likeness (QED) is 0.504. The Morgan fingerprint density at radius 1 is 1.50 bits per heavy atom. The van der Waals surface area contributed by atoms with Crippen LogP contribution >= 0.6 is 0 Å². The molecule has 0 fully saturated rings. The van der Waals surface area contributed by atoms with Crippen LogP contribution in [0, 0.1) is 0 Å². The molecule has 0 heterocycles. The third-order valence-electron chi connectivity index (χ3n) is 0. The molecular weight excluding hydrogens is 215 g/mol. The average molecular weight is 215 g/mol. The topological polar surface area (TPSA) is 34.1 Å². The van der Waals surface area contributed by atoms with Gasteiger partial charge in [0.2, 0.25) is 0 Å². The van der Waals surface area contributed by atoms with Gasteiger partial charge in [-0.15, -0.1) is 0 Å². The standard InChI is InChI=1S/Ag.AsO2/c;2-1-3. The van der Waals surface area contributed by atoms with Gasteiger partial charge in [0.05, 0.1) is 0 Å². The molecule has 0 aromatic heterocycles. The predicted molar refractivity (Wildman–Crippen MR) is 7.13 cm³/mol. The zero-order chi connectivity index (χ0) is 3.58. The maximum absolute atomic E-state index is 9.03. The van der Waals surface area contributed by atoms with Gasteiger partial charge in [0.25, 0.3) is 0 Å². The zero-order valence-corrected chi connectivity index (χ0v) is 4.92. The Hall–Kier alpha value is 0.899. The van der Waals surface area contributed by atoms with Crippen LogP contribution in [0.25, 0.3) is 0 Å². The normalized spacial score (nSPS) is 6.50. The van der Waals surface area contributed by atoms with E-state index in [0.717, 1.165) is 0 Å². The molecular formula is AgAsO2. The third-order valence-corrected chi connectivity index (χ3v) is 0. The second kappa shape index (κ2) is 2.16. The van der Waals surface area contributed by atoms with Crippen LogP contribution in [0.15, 0.2) is 0 Å². The summed E-state index contributed by atoms with van der Waals surface area (Å²) in [5.74, 6) is 0. The van der Waals surface area contributed by atoms with Gasteiger partial charge in [0.15, 0.2) is 0 Å². The molecule has 4 heteroatoms. The van der Waals surface area contributed by atoms with E-state index < -0.39 is 11.5 Å². The van der Waals surface area contributed by atoms with E-state index in [4.69, 9.17) is 7.48 Å². The van der Waals surface area contributed by atoms with Crippen LogP contribution in [-0.4, -0.2) is 11.5 Å². The van der Waals surface area contributed by atoms with Crippen molar-refractivity contribution in [3.8, 4) is 0 Å². The summed E-state index contributed by atoms with van der Waals surface area (Å²) < 4.78 is 18.1. The van der Waals surface area contributed by atoms with Crippen LogP contribution in [0.2, 0.25) is 0 Å². The van der Waals surface area contributed by atoms with Gasteiger partial charge in [-0.1, -0.05) is 0 Å². The van der Waals surface area contributed by atoms with Crippen molar-refractivity contribution < 1.29 is 26.2 Å². The van der Waals surface area contributed by atoms with Crippen molar-refractivity contribution in [3.05, 3.63) is 0 Å². The minimum atomic E-state index is -2.88. The van der Waals surface area contributed by atoms with Crippen molar-refractivity contribution >= 4 is 11.5 Å². The first-order valence-corrected chi connectivity index (χ1v) is 6.04. The van der Waals surface area contributed by atoms with E-state index in [1.807, 2.05) is 0 Å². The zero-order valence-electron chi connectivity index (χ0n) is 1.57. The minimum absolute atomic E-state index is 2.32. The van der Waals surface area contributed by atoms with Crippen LogP contribution in [0.5, 0.6) is 0 Å². The summed E-state index contributed by atoms with van der Waals surface area (Å²) in [6.45, 7) is 0. The molecule has 0 unspecified atom stereocenters. The van der Waals surface area contributed by atoms with E-state index >= 15 is 0 Å². The molecule has 0 saturated heterocycles. The van der Waals surface area contributed by atoms with E-state index in [1.54, 1.807) is 0 Å². The van der Waals surface area contributed by atoms with Crippen molar-refractivity contribution in [2.45, 2.75) is 0 Å². The summed E-state index contributed by atoms with van der Waals surface area (Å²) >= 11 is -0.557. The molecule has 0 rings (SSSR count). The molecule has 0 aliphatic rings. The molecule has 0 aromatic rings. The average Bonchev–Trinajstić information content (AvgIpc) is 0.811. The third kappa shape index (κ3) is 12.9. The van der Waals surface area contributed by atoms with E-state index in [9.17, 15) is 0 Å². The summed E-state index contributed by atoms with van der Waals surface area (Å²) in [5, 5.41) is 0. The van der Waals surface area contributed by atoms with Crippen molar-refractivity contribution in [2.24, 2.45) is 0 Å². The van der Waals surface area contributed by atoms with Gasteiger partial charge < -0.3 is 0 Å². The Labute approximate surface area is 37.8 Å². The van der Waals surface area contributed by atoms with Crippen molar-refractivity contribution in [1.29, 1.82) is 0 Å². The molecule has 0 radical (unpaired) electrons. The van der Waals surface area contributed by atoms with Crippen LogP contribution < -0.4 is 0 Å². The molecule has 0 N–H and O–H groups in total. The van der Waals surface area contributed by atoms with Gasteiger partial charge in [-0.25, -0.2) is 0 Å². The van der Waals surface area contributed by atoms with Gasteiger partial charge >= 0.3 is 37.7 Å². The summed E-state index contributed by atoms with van der Waals surface area (Å²) in [6.07, 6.45) is 0. The molecule has 0 aromatic carbocycles. The second-order valence-corrected chi connectivity index (χ2v) is 3.77. The predicted octanol–water partition coefficient (Wildman–Crippen LogP) is -0.621. The summed E-state index contributed by atoms with van der Waals surface area (Å²) in [4.78, 5) is 0. The number of rotatable bonds is 0. The van der Waals surface area contributed by atoms with Gasteiger partial charge in [-0.2, -0.15) is 0 Å². The Bertz CT molecular complexity index is 54.4. The molecule has 28 valence electrons. The van der Waals surface area contributed by atoms with Gasteiger partial charge in [-0.05, 0) is 0 Å². The van der Waals surface area contributed by atoms with Crippen molar-refractivity contribution in [3.63, 3.8) is 0 Å². The molecule has 4 heavy (non-hydrogen) atoms. The first-order chi connectivity index (χ1) is 1.73. The van der Waals surface area contributed by atoms with Gasteiger partial charge in [0, 0.05) is 0 Å². The van der Waals surface area contributed by atoms with E-state index in [-0.39, 0.29) is 0 Å². The fourth-order valence-corrected chi connectivity index (χ4v) is 0. The van der Waals surface area contributed by atoms with Gasteiger partial charge in [0.1, 0.15) is 0 Å². The second-order valence-electron chi connectivity index (χ2n) is 0.185. The summed E-state index contributed by atoms with van der Waals surface area (Å²) in [7, 11) is 0. The summed E-state index contributed by atoms with van der Waals surface area (Å²) in [5.41, 5.74) is 0. The first-order valence-electron chi connectivity index (χ1n) is 0.500. The van der Waals surface area contributed by atoms with Crippen LogP contribution in [-0.2, 0) is 26.2 Å². The molecule has 0 aliphatic carbocycles. The van der Waals surface area contributed by atoms with Crippen LogP contribution in [0.3, 0.4) is 0 Å². The Balaban J connectivity index is 3.51. The van der Waals surface area contributed by atoms with E-state index in [1.165, 1.54) is 0 Å². The van der Waals surface area contributed by atoms with Crippen molar-refractivity contribution in [1.82, 2.24) is 0 Å². The summed E-state index contributed by atoms with van der Waals surface area (Å²) in [6, 6.07) is 0. The molecule has 0 amide bonds. The van der Waals surface area contributed by atoms with Crippen molar-refractivity contribution in [2.75, 3.05) is 0 Å². The maximum atomic E-state index is 9.03. The molecule has 0 bridgehead atoms. The molecule has 2 nitrogen and oxygen atoms in total. The van der Waals surface area contributed by atoms with E-state index in [0.29, 0.717) is 0 Å². The van der Waals surface area contributed by atoms with Gasteiger partial charge in [-0.3, -0.25) is 0 Å². The molecule has 0 saturated carbocycles. The Morgan fingerprint density at radius 2 is 1.50 bits per heavy atom. The first kappa shape index (κ1) is 4.90. The number of hydrogen-bond acceptors (Lipinski definition) is 2. The molecule has 0 aliphatic heterocycles. The monoisotopic (exact) mass is 214 g/mol. The number of hydrogen-bond donors (Lipinski definition) is 0. The SMILES string of the molecule is O=[As](=O)[Ag]. The van der Waals surface area contributed by atoms with E-state index in [2.05, 4.69) is 18.7 Å². The Kier molecular flexibility index (Phi) is 2.64. The fraction of sp³-hybridized carbons (Fsp3) is 0. The van der Waals surface area contributed by atoms with Crippen LogP contribution in [0.4, 0.5) is 0 Å². The van der Waals surface area contributed by atoms with Crippen LogP contribution in [0.1, 0.15) is 0 Å². The molecule has 0 spiro atoms. The fourth-order valence-electron chi connectivity index (χ4n) is 0. The molecule has 0 atom stereocenters.